The van der Waals surface area contributed by atoms with Crippen molar-refractivity contribution in [3.8, 4) is 0 Å². The van der Waals surface area contributed by atoms with Crippen molar-refractivity contribution in [3.63, 3.8) is 0 Å². The topological polar surface area (TPSA) is 69.6 Å². The number of fused-ring (bicyclic) bond motifs is 4. The Kier molecular flexibility index (Phi) is 3.44. The van der Waals surface area contributed by atoms with Crippen molar-refractivity contribution >= 4 is 22.8 Å². The summed E-state index contributed by atoms with van der Waals surface area (Å²) in [5.41, 5.74) is 3.07. The highest BCUT2D eigenvalue weighted by Gasteiger charge is 2.52. The number of H-pyrrole nitrogens is 1. The molecular formula is C21H21N3O3. The molecule has 0 unspecified atom stereocenters. The van der Waals surface area contributed by atoms with Gasteiger partial charge in [-0.2, -0.15) is 0 Å². The number of aromatic amines is 1. The van der Waals surface area contributed by atoms with Crippen LogP contribution in [0.2, 0.25) is 0 Å². The lowest BCUT2D eigenvalue weighted by Crippen LogP contribution is -2.44. The van der Waals surface area contributed by atoms with Crippen LogP contribution in [0.3, 0.4) is 0 Å². The molecule has 1 aromatic carbocycles. The second kappa shape index (κ2) is 5.74. The number of nitrogens with one attached hydrogen (secondary N) is 1. The van der Waals surface area contributed by atoms with Gasteiger partial charge < -0.3 is 9.40 Å². The molecule has 3 amide bonds. The van der Waals surface area contributed by atoms with Crippen molar-refractivity contribution < 1.29 is 14.0 Å². The summed E-state index contributed by atoms with van der Waals surface area (Å²) in [5, 5.41) is 1.11. The maximum absolute atomic E-state index is 13.0. The lowest BCUT2D eigenvalue weighted by molar-refractivity contribution is -0.128. The van der Waals surface area contributed by atoms with E-state index in [0.29, 0.717) is 18.7 Å². The van der Waals surface area contributed by atoms with E-state index in [1.54, 1.807) is 4.90 Å². The van der Waals surface area contributed by atoms with Crippen LogP contribution in [0.15, 0.2) is 40.8 Å². The highest BCUT2D eigenvalue weighted by atomic mass is 16.3. The number of imide groups is 1. The fourth-order valence-electron chi connectivity index (χ4n) is 4.45. The number of urea groups is 1. The van der Waals surface area contributed by atoms with Crippen LogP contribution in [0.1, 0.15) is 42.7 Å². The summed E-state index contributed by atoms with van der Waals surface area (Å²) in [6.45, 7) is 4.24. The highest BCUT2D eigenvalue weighted by Crippen LogP contribution is 2.44. The molecule has 1 saturated heterocycles. The third-order valence-corrected chi connectivity index (χ3v) is 5.75. The average molecular weight is 363 g/mol. The second-order valence-corrected chi connectivity index (χ2v) is 7.12. The molecule has 0 radical (unpaired) electrons. The predicted molar refractivity (Wildman–Crippen MR) is 100 cm³/mol. The highest BCUT2D eigenvalue weighted by molar-refractivity contribution is 6.05. The van der Waals surface area contributed by atoms with E-state index in [0.717, 1.165) is 34.3 Å². The number of nitrogens with zero attached hydrogens (tertiary/aromatic N) is 2. The van der Waals surface area contributed by atoms with Crippen molar-refractivity contribution in [1.29, 1.82) is 0 Å². The van der Waals surface area contributed by atoms with Gasteiger partial charge in [0.2, 0.25) is 0 Å². The maximum atomic E-state index is 13.0. The number of amides is 3. The molecule has 1 fully saturated rings. The number of benzene rings is 1. The summed E-state index contributed by atoms with van der Waals surface area (Å²) < 4.78 is 6.04. The number of aromatic nitrogens is 1. The van der Waals surface area contributed by atoms with Crippen molar-refractivity contribution in [2.45, 2.75) is 38.8 Å². The zero-order valence-electron chi connectivity index (χ0n) is 15.4. The summed E-state index contributed by atoms with van der Waals surface area (Å²) in [6.07, 6.45) is 1.31. The number of hydrogen-bond acceptors (Lipinski definition) is 3. The zero-order valence-corrected chi connectivity index (χ0v) is 15.4. The second-order valence-electron chi connectivity index (χ2n) is 7.12. The summed E-state index contributed by atoms with van der Waals surface area (Å²) in [7, 11) is 0. The first kappa shape index (κ1) is 16.2. The smallest absolute Gasteiger partial charge is 0.328 e. The van der Waals surface area contributed by atoms with E-state index in [4.69, 9.17) is 4.42 Å². The lowest BCUT2D eigenvalue weighted by atomic mass is 9.91. The molecule has 27 heavy (non-hydrogen) atoms. The van der Waals surface area contributed by atoms with Gasteiger partial charge in [0.05, 0.1) is 5.69 Å². The SMILES string of the molecule is CCc1ccc([C@H]2c3[nH]c4ccccc4c3C[C@H]3C(=O)N(CC)C(=O)N23)o1. The number of aryl methyl sites for hydroxylation is 1. The van der Waals surface area contributed by atoms with Crippen LogP contribution in [0.5, 0.6) is 0 Å². The lowest BCUT2D eigenvalue weighted by Gasteiger charge is -2.34. The molecule has 0 saturated carbocycles. The summed E-state index contributed by atoms with van der Waals surface area (Å²) >= 11 is 0. The van der Waals surface area contributed by atoms with Gasteiger partial charge in [-0.3, -0.25) is 14.6 Å². The Bertz CT molecular complexity index is 1060. The van der Waals surface area contributed by atoms with E-state index >= 15 is 0 Å². The molecular weight excluding hydrogens is 342 g/mol. The molecule has 0 aliphatic carbocycles. The van der Waals surface area contributed by atoms with E-state index in [1.165, 1.54) is 4.90 Å². The number of likely N-dealkylation sites (N-methyl/N-ethyl adjacent to an activating group) is 1. The minimum atomic E-state index is -0.482. The molecule has 2 aliphatic heterocycles. The molecule has 5 rings (SSSR count). The van der Waals surface area contributed by atoms with E-state index in [2.05, 4.69) is 11.1 Å². The first-order chi connectivity index (χ1) is 13.1. The molecule has 3 aromatic rings. The third kappa shape index (κ3) is 2.13. The Hall–Kier alpha value is -3.02. The number of hydrogen-bond donors (Lipinski definition) is 1. The summed E-state index contributed by atoms with van der Waals surface area (Å²) in [5.74, 6) is 1.45. The van der Waals surface area contributed by atoms with Gasteiger partial charge >= 0.3 is 6.03 Å². The molecule has 6 nitrogen and oxygen atoms in total. The average Bonchev–Trinajstić information content (AvgIpc) is 3.36. The Balaban J connectivity index is 1.74. The van der Waals surface area contributed by atoms with E-state index in [1.807, 2.05) is 44.2 Å². The van der Waals surface area contributed by atoms with Gasteiger partial charge in [0.15, 0.2) is 0 Å². The van der Waals surface area contributed by atoms with E-state index < -0.39 is 12.1 Å². The molecule has 2 aromatic heterocycles. The Morgan fingerprint density at radius 3 is 2.70 bits per heavy atom. The van der Waals surface area contributed by atoms with Crippen LogP contribution in [0, 0.1) is 0 Å². The van der Waals surface area contributed by atoms with E-state index in [9.17, 15) is 9.59 Å². The van der Waals surface area contributed by atoms with Crippen molar-refractivity contribution in [3.05, 3.63) is 59.2 Å². The number of furan rings is 1. The van der Waals surface area contributed by atoms with Crippen molar-refractivity contribution in [2.24, 2.45) is 0 Å². The Morgan fingerprint density at radius 2 is 1.96 bits per heavy atom. The fraction of sp³-hybridized carbons (Fsp3) is 0.333. The first-order valence-electron chi connectivity index (χ1n) is 9.45. The molecule has 2 atom stereocenters. The molecule has 138 valence electrons. The molecule has 4 heterocycles. The number of carbonyl (C=O) groups is 2. The standard InChI is InChI=1S/C21H21N3O3/c1-3-12-9-10-17(27-12)19-18-14(13-7-5-6-8-15(13)22-18)11-16-20(25)23(4-2)21(26)24(16)19/h5-10,16,19,22H,3-4,11H2,1-2H3/t16-,19-/m0/s1. The molecule has 1 N–H and O–H groups in total. The maximum Gasteiger partial charge on any atom is 0.328 e. The van der Waals surface area contributed by atoms with Crippen molar-refractivity contribution in [2.75, 3.05) is 6.54 Å². The predicted octanol–water partition coefficient (Wildman–Crippen LogP) is 3.62. The van der Waals surface area contributed by atoms with Crippen LogP contribution in [0.4, 0.5) is 4.79 Å². The molecule has 2 aliphatic rings. The van der Waals surface area contributed by atoms with Gasteiger partial charge in [-0.15, -0.1) is 0 Å². The normalized spacial score (nSPS) is 21.9. The minimum Gasteiger partial charge on any atom is -0.463 e. The minimum absolute atomic E-state index is 0.120. The Morgan fingerprint density at radius 1 is 1.15 bits per heavy atom. The van der Waals surface area contributed by atoms with Gasteiger partial charge in [0.1, 0.15) is 23.6 Å². The van der Waals surface area contributed by atoms with Crippen molar-refractivity contribution in [1.82, 2.24) is 14.8 Å². The summed E-state index contributed by atoms with van der Waals surface area (Å²) in [4.78, 5) is 32.5. The van der Waals surface area contributed by atoms with Gasteiger partial charge in [-0.1, -0.05) is 25.1 Å². The number of carbonyl (C=O) groups excluding carboxylic acids is 2. The zero-order chi connectivity index (χ0) is 18.7. The first-order valence-corrected chi connectivity index (χ1v) is 9.45. The Labute approximate surface area is 156 Å². The monoisotopic (exact) mass is 363 g/mol. The van der Waals surface area contributed by atoms with E-state index in [-0.39, 0.29) is 11.9 Å². The van der Waals surface area contributed by atoms with Gasteiger partial charge in [0, 0.05) is 30.3 Å². The van der Waals surface area contributed by atoms with Crippen LogP contribution < -0.4 is 0 Å². The fourth-order valence-corrected chi connectivity index (χ4v) is 4.45. The molecule has 0 spiro atoms. The van der Waals surface area contributed by atoms with Crippen LogP contribution in [-0.4, -0.2) is 39.3 Å². The van der Waals surface area contributed by atoms with Crippen LogP contribution in [-0.2, 0) is 17.6 Å². The van der Waals surface area contributed by atoms with Gasteiger partial charge in [-0.25, -0.2) is 4.79 Å². The van der Waals surface area contributed by atoms with Crippen LogP contribution in [0.25, 0.3) is 10.9 Å². The van der Waals surface area contributed by atoms with Gasteiger partial charge in [0.25, 0.3) is 5.91 Å². The molecule has 0 bridgehead atoms. The number of para-hydroxylation sites is 1. The van der Waals surface area contributed by atoms with Crippen LogP contribution >= 0.6 is 0 Å². The largest absolute Gasteiger partial charge is 0.463 e. The third-order valence-electron chi connectivity index (χ3n) is 5.75. The quantitative estimate of drug-likeness (QED) is 0.723. The van der Waals surface area contributed by atoms with Gasteiger partial charge in [-0.05, 0) is 30.7 Å². The molecule has 6 heteroatoms. The summed E-state index contributed by atoms with van der Waals surface area (Å²) in [6, 6.07) is 10.8. The number of rotatable bonds is 3.